The molecule has 0 saturated carbocycles. The Labute approximate surface area is 136 Å². The molecular formula is C13H15ClF3N5O. The van der Waals surface area contributed by atoms with Gasteiger partial charge in [-0.2, -0.15) is 18.2 Å². The highest BCUT2D eigenvalue weighted by molar-refractivity contribution is 5.91. The van der Waals surface area contributed by atoms with E-state index in [9.17, 15) is 18.0 Å². The Morgan fingerprint density at radius 2 is 1.91 bits per heavy atom. The second kappa shape index (κ2) is 7.42. The van der Waals surface area contributed by atoms with Crippen molar-refractivity contribution in [1.29, 1.82) is 0 Å². The molecule has 2 unspecified atom stereocenters. The summed E-state index contributed by atoms with van der Waals surface area (Å²) in [5, 5.41) is 7.24. The summed E-state index contributed by atoms with van der Waals surface area (Å²) in [5.74, 6) is -2.95. The van der Waals surface area contributed by atoms with E-state index in [1.54, 1.807) is 36.3 Å². The Bertz CT molecular complexity index is 647. The summed E-state index contributed by atoms with van der Waals surface area (Å²) < 4.78 is 37.1. The van der Waals surface area contributed by atoms with Gasteiger partial charge in [0.05, 0.1) is 5.92 Å². The first-order chi connectivity index (χ1) is 10.3. The number of benzene rings is 1. The lowest BCUT2D eigenvalue weighted by molar-refractivity contribution is -0.144. The number of nitrogens with two attached hydrogens (primary N) is 1. The molecule has 0 spiro atoms. The number of alkyl halides is 3. The molecule has 1 heterocycles. The molecule has 10 heteroatoms. The van der Waals surface area contributed by atoms with Crippen molar-refractivity contribution in [3.05, 3.63) is 41.7 Å². The Hall–Kier alpha value is -2.13. The number of nitrogens with zero attached hydrogens (tertiary/aromatic N) is 2. The van der Waals surface area contributed by atoms with Gasteiger partial charge >= 0.3 is 6.18 Å². The smallest absolute Gasteiger partial charge is 0.323 e. The predicted molar refractivity (Wildman–Crippen MR) is 79.8 cm³/mol. The zero-order valence-corrected chi connectivity index (χ0v) is 12.8. The fraction of sp³-hybridized carbons (Fsp3) is 0.308. The predicted octanol–water partition coefficient (Wildman–Crippen LogP) is 2.52. The van der Waals surface area contributed by atoms with Crippen molar-refractivity contribution >= 4 is 24.3 Å². The van der Waals surface area contributed by atoms with E-state index in [1.165, 1.54) is 0 Å². The second-order valence-corrected chi connectivity index (χ2v) is 4.72. The van der Waals surface area contributed by atoms with Crippen molar-refractivity contribution in [3.63, 3.8) is 0 Å². The van der Waals surface area contributed by atoms with Crippen LogP contribution in [0.1, 0.15) is 24.4 Å². The van der Waals surface area contributed by atoms with Crippen molar-refractivity contribution in [1.82, 2.24) is 15.2 Å². The molecule has 2 rings (SSSR count). The quantitative estimate of drug-likeness (QED) is 0.790. The highest BCUT2D eigenvalue weighted by Crippen LogP contribution is 2.26. The summed E-state index contributed by atoms with van der Waals surface area (Å²) in [7, 11) is 0. The molecule has 0 radical (unpaired) electrons. The molecule has 0 fully saturated rings. The van der Waals surface area contributed by atoms with E-state index in [0.29, 0.717) is 0 Å². The summed E-state index contributed by atoms with van der Waals surface area (Å²) in [6.07, 6.45) is -4.65. The Morgan fingerprint density at radius 3 is 2.43 bits per heavy atom. The van der Waals surface area contributed by atoms with Crippen molar-refractivity contribution in [2.24, 2.45) is 11.7 Å². The first kappa shape index (κ1) is 18.9. The summed E-state index contributed by atoms with van der Waals surface area (Å²) >= 11 is 0. The lowest BCUT2D eigenvalue weighted by atomic mass is 9.95. The average Bonchev–Trinajstić information content (AvgIpc) is 2.95. The Morgan fingerprint density at radius 1 is 1.30 bits per heavy atom. The third-order valence-electron chi connectivity index (χ3n) is 3.13. The number of rotatable bonds is 4. The topological polar surface area (TPSA) is 96.7 Å². The number of anilines is 1. The number of H-pyrrole nitrogens is 1. The lowest BCUT2D eigenvalue weighted by Gasteiger charge is -2.18. The van der Waals surface area contributed by atoms with E-state index in [1.807, 2.05) is 6.07 Å². The maximum Gasteiger partial charge on any atom is 0.451 e. The van der Waals surface area contributed by atoms with Gasteiger partial charge in [0.15, 0.2) is 0 Å². The molecule has 0 aliphatic carbocycles. The molecule has 0 bridgehead atoms. The normalized spacial score (nSPS) is 13.8. The van der Waals surface area contributed by atoms with Gasteiger partial charge in [-0.1, -0.05) is 37.3 Å². The summed E-state index contributed by atoms with van der Waals surface area (Å²) in [4.78, 5) is 15.2. The van der Waals surface area contributed by atoms with Gasteiger partial charge in [0.2, 0.25) is 17.7 Å². The minimum absolute atomic E-state index is 0. The van der Waals surface area contributed by atoms with Gasteiger partial charge in [0.1, 0.15) is 0 Å². The van der Waals surface area contributed by atoms with Gasteiger partial charge in [0, 0.05) is 6.04 Å². The molecule has 1 amide bonds. The lowest BCUT2D eigenvalue weighted by Crippen LogP contribution is -2.30. The number of nitrogens with one attached hydrogen (secondary N) is 2. The van der Waals surface area contributed by atoms with Crippen molar-refractivity contribution < 1.29 is 18.0 Å². The zero-order valence-electron chi connectivity index (χ0n) is 12.0. The minimum Gasteiger partial charge on any atom is -0.323 e. The van der Waals surface area contributed by atoms with Gasteiger partial charge in [-0.15, -0.1) is 17.5 Å². The van der Waals surface area contributed by atoms with Gasteiger partial charge in [0.25, 0.3) is 0 Å². The standard InChI is InChI=1S/C13H14F3N5O.ClH/c1-7(9(17)8-5-3-2-4-6-8)10(22)18-12-19-11(20-21-12)13(14,15)16;/h2-7,9H,17H2,1H3,(H2,18,19,20,21,22);1H. The molecule has 1 aromatic heterocycles. The molecule has 2 aromatic rings. The van der Waals surface area contributed by atoms with Crippen LogP contribution in [0.5, 0.6) is 0 Å². The molecule has 0 aliphatic rings. The third-order valence-corrected chi connectivity index (χ3v) is 3.13. The monoisotopic (exact) mass is 349 g/mol. The van der Waals surface area contributed by atoms with Crippen molar-refractivity contribution in [3.8, 4) is 0 Å². The number of aromatic amines is 1. The number of halogens is 4. The fourth-order valence-corrected chi connectivity index (χ4v) is 1.80. The Kier molecular flexibility index (Phi) is 6.11. The highest BCUT2D eigenvalue weighted by atomic mass is 35.5. The van der Waals surface area contributed by atoms with Crippen LogP contribution in [0, 0.1) is 5.92 Å². The van der Waals surface area contributed by atoms with Crippen LogP contribution in [-0.4, -0.2) is 21.1 Å². The summed E-state index contributed by atoms with van der Waals surface area (Å²) in [6.45, 7) is 1.57. The summed E-state index contributed by atoms with van der Waals surface area (Å²) in [5.41, 5.74) is 6.72. The maximum absolute atomic E-state index is 12.4. The first-order valence-corrected chi connectivity index (χ1v) is 6.40. The van der Waals surface area contributed by atoms with E-state index in [0.717, 1.165) is 5.56 Å². The van der Waals surface area contributed by atoms with Crippen LogP contribution >= 0.6 is 12.4 Å². The number of amides is 1. The largest absolute Gasteiger partial charge is 0.451 e. The molecular weight excluding hydrogens is 335 g/mol. The zero-order chi connectivity index (χ0) is 16.3. The van der Waals surface area contributed by atoms with Crippen LogP contribution in [0.25, 0.3) is 0 Å². The number of hydrogen-bond acceptors (Lipinski definition) is 4. The average molecular weight is 350 g/mol. The fourth-order valence-electron chi connectivity index (χ4n) is 1.80. The van der Waals surface area contributed by atoms with Crippen LogP contribution in [-0.2, 0) is 11.0 Å². The molecule has 4 N–H and O–H groups in total. The highest BCUT2D eigenvalue weighted by Gasteiger charge is 2.35. The van der Waals surface area contributed by atoms with Crippen LogP contribution in [0.2, 0.25) is 0 Å². The van der Waals surface area contributed by atoms with E-state index in [2.05, 4.69) is 15.4 Å². The van der Waals surface area contributed by atoms with Crippen molar-refractivity contribution in [2.75, 3.05) is 5.32 Å². The molecule has 0 aliphatic heterocycles. The van der Waals surface area contributed by atoms with Crippen LogP contribution in [0.15, 0.2) is 30.3 Å². The molecule has 23 heavy (non-hydrogen) atoms. The number of carbonyl (C=O) groups excluding carboxylic acids is 1. The van der Waals surface area contributed by atoms with E-state index in [-0.39, 0.29) is 12.4 Å². The molecule has 2 atom stereocenters. The van der Waals surface area contributed by atoms with E-state index < -0.39 is 35.8 Å². The van der Waals surface area contributed by atoms with Gasteiger partial charge in [-0.3, -0.25) is 15.2 Å². The van der Waals surface area contributed by atoms with E-state index in [4.69, 9.17) is 5.73 Å². The van der Waals surface area contributed by atoms with E-state index >= 15 is 0 Å². The molecule has 126 valence electrons. The number of aromatic nitrogens is 3. The Balaban J connectivity index is 0.00000264. The molecule has 0 saturated heterocycles. The maximum atomic E-state index is 12.4. The SMILES string of the molecule is CC(C(=O)Nc1n[nH]c(C(F)(F)F)n1)C(N)c1ccccc1.Cl. The molecule has 6 nitrogen and oxygen atoms in total. The minimum atomic E-state index is -4.65. The van der Waals surface area contributed by atoms with Crippen LogP contribution < -0.4 is 11.1 Å². The molecule has 1 aromatic carbocycles. The van der Waals surface area contributed by atoms with Gasteiger partial charge in [-0.05, 0) is 5.56 Å². The number of hydrogen-bond donors (Lipinski definition) is 3. The first-order valence-electron chi connectivity index (χ1n) is 6.40. The van der Waals surface area contributed by atoms with Gasteiger partial charge in [-0.25, -0.2) is 0 Å². The number of carbonyl (C=O) groups is 1. The third kappa shape index (κ3) is 4.67. The van der Waals surface area contributed by atoms with Crippen molar-refractivity contribution in [2.45, 2.75) is 19.1 Å². The van der Waals surface area contributed by atoms with Crippen LogP contribution in [0.4, 0.5) is 19.1 Å². The summed E-state index contributed by atoms with van der Waals surface area (Å²) in [6, 6.07) is 8.32. The van der Waals surface area contributed by atoms with Crippen LogP contribution in [0.3, 0.4) is 0 Å². The van der Waals surface area contributed by atoms with Gasteiger partial charge < -0.3 is 5.73 Å². The second-order valence-electron chi connectivity index (χ2n) is 4.72.